The van der Waals surface area contributed by atoms with Gasteiger partial charge in [0.2, 0.25) is 5.91 Å². The van der Waals surface area contributed by atoms with Gasteiger partial charge in [0.05, 0.1) is 27.0 Å². The maximum absolute atomic E-state index is 15.1. The zero-order valence-electron chi connectivity index (χ0n) is 26.1. The lowest BCUT2D eigenvalue weighted by Gasteiger charge is -2.38. The van der Waals surface area contributed by atoms with Crippen LogP contribution in [0.5, 0.6) is 17.2 Å². The van der Waals surface area contributed by atoms with Gasteiger partial charge in [0.25, 0.3) is 15.9 Å². The summed E-state index contributed by atoms with van der Waals surface area (Å²) in [5.74, 6) is -0.459. The molecule has 244 valence electrons. The molecule has 2 aliphatic rings. The van der Waals surface area contributed by atoms with Gasteiger partial charge in [-0.05, 0) is 54.1 Å². The number of sulfonamides is 1. The number of carbonyl (C=O) groups excluding carboxylic acids is 2. The van der Waals surface area contributed by atoms with Crippen molar-refractivity contribution >= 4 is 44.8 Å². The number of fused-ring (bicyclic) bond motifs is 1. The molecule has 47 heavy (non-hydrogen) atoms. The van der Waals surface area contributed by atoms with Crippen molar-refractivity contribution in [2.24, 2.45) is 0 Å². The van der Waals surface area contributed by atoms with E-state index in [4.69, 9.17) is 25.8 Å². The molecule has 3 aromatic carbocycles. The number of ether oxygens (including phenoxy) is 3. The number of hydrogen-bond acceptors (Lipinski definition) is 9. The monoisotopic (exact) mass is 676 g/mol. The standard InChI is InChI=1S/C34H33ClN4O7S/c1-44-25-9-11-31(30(21-25)46-3)47(42,43)39-28-10-8-23(35)20-27(28)34(33(39)41,26-6-4-5-7-29(26)45-2)22-32(40)38-18-16-37(17-19-38)24-12-14-36-15-13-24/h4-15,20-21H,16-19,22H2,1-3H3. The summed E-state index contributed by atoms with van der Waals surface area (Å²) in [7, 11) is -0.355. The summed E-state index contributed by atoms with van der Waals surface area (Å²) in [4.78, 5) is 37.0. The summed E-state index contributed by atoms with van der Waals surface area (Å²) in [5.41, 5.74) is -0.0854. The minimum atomic E-state index is -4.60. The molecule has 2 aliphatic heterocycles. The Labute approximate surface area is 278 Å². The predicted octanol–water partition coefficient (Wildman–Crippen LogP) is 4.52. The number of para-hydroxylation sites is 1. The Morgan fingerprint density at radius 3 is 2.23 bits per heavy atom. The molecule has 1 atom stereocenters. The first-order valence-electron chi connectivity index (χ1n) is 14.8. The van der Waals surface area contributed by atoms with Crippen molar-refractivity contribution in [2.75, 3.05) is 56.7 Å². The first-order valence-corrected chi connectivity index (χ1v) is 16.7. The zero-order chi connectivity index (χ0) is 33.3. The number of carbonyl (C=O) groups is 2. The van der Waals surface area contributed by atoms with Gasteiger partial charge in [0.1, 0.15) is 27.6 Å². The molecule has 1 aromatic heterocycles. The third-order valence-corrected chi connectivity index (χ3v) is 10.7. The summed E-state index contributed by atoms with van der Waals surface area (Å²) in [6.45, 7) is 1.96. The van der Waals surface area contributed by atoms with Crippen LogP contribution in [0.1, 0.15) is 17.5 Å². The van der Waals surface area contributed by atoms with Crippen LogP contribution in [0.2, 0.25) is 5.02 Å². The molecule has 0 aliphatic carbocycles. The van der Waals surface area contributed by atoms with Crippen LogP contribution in [0.25, 0.3) is 0 Å². The van der Waals surface area contributed by atoms with E-state index in [9.17, 15) is 13.2 Å². The van der Waals surface area contributed by atoms with Gasteiger partial charge in [-0.15, -0.1) is 0 Å². The Bertz CT molecular complexity index is 1930. The van der Waals surface area contributed by atoms with Gasteiger partial charge in [-0.25, -0.2) is 12.7 Å². The molecule has 6 rings (SSSR count). The molecular formula is C34H33ClN4O7S. The number of amides is 2. The Morgan fingerprint density at radius 2 is 1.55 bits per heavy atom. The highest BCUT2D eigenvalue weighted by atomic mass is 35.5. The van der Waals surface area contributed by atoms with Crippen LogP contribution in [-0.4, -0.2) is 77.6 Å². The molecule has 0 spiro atoms. The van der Waals surface area contributed by atoms with Gasteiger partial charge in [0, 0.05) is 67.3 Å². The fraction of sp³-hybridized carbons (Fsp3) is 0.265. The summed E-state index contributed by atoms with van der Waals surface area (Å²) >= 11 is 6.53. The minimum Gasteiger partial charge on any atom is -0.497 e. The van der Waals surface area contributed by atoms with E-state index in [0.717, 1.165) is 9.99 Å². The third kappa shape index (κ3) is 5.51. The van der Waals surface area contributed by atoms with Gasteiger partial charge in [-0.3, -0.25) is 14.6 Å². The number of pyridine rings is 1. The van der Waals surface area contributed by atoms with Crippen LogP contribution in [0, 0.1) is 0 Å². The van der Waals surface area contributed by atoms with Gasteiger partial charge in [-0.2, -0.15) is 0 Å². The van der Waals surface area contributed by atoms with E-state index in [1.165, 1.54) is 51.7 Å². The highest BCUT2D eigenvalue weighted by Gasteiger charge is 2.58. The Morgan fingerprint density at radius 1 is 0.851 bits per heavy atom. The highest BCUT2D eigenvalue weighted by molar-refractivity contribution is 7.93. The molecule has 3 heterocycles. The highest BCUT2D eigenvalue weighted by Crippen LogP contribution is 2.53. The van der Waals surface area contributed by atoms with E-state index in [-0.39, 0.29) is 39.2 Å². The number of anilines is 2. The molecular weight excluding hydrogens is 644 g/mol. The topological polar surface area (TPSA) is 119 Å². The van der Waals surface area contributed by atoms with Crippen LogP contribution in [0.4, 0.5) is 11.4 Å². The SMILES string of the molecule is COc1ccc(S(=O)(=O)N2C(=O)C(CC(=O)N3CCN(c4ccncc4)CC3)(c3ccccc3OC)c3cc(Cl)ccc32)c(OC)c1. The summed E-state index contributed by atoms with van der Waals surface area (Å²) in [6, 6.07) is 19.4. The van der Waals surface area contributed by atoms with Crippen LogP contribution >= 0.6 is 11.6 Å². The maximum Gasteiger partial charge on any atom is 0.274 e. The molecule has 0 bridgehead atoms. The number of hydrogen-bond donors (Lipinski definition) is 0. The van der Waals surface area contributed by atoms with Gasteiger partial charge >= 0.3 is 0 Å². The van der Waals surface area contributed by atoms with Crippen molar-refractivity contribution in [1.82, 2.24) is 9.88 Å². The Balaban J connectivity index is 1.46. The zero-order valence-corrected chi connectivity index (χ0v) is 27.6. The third-order valence-electron chi connectivity index (χ3n) is 8.72. The summed E-state index contributed by atoms with van der Waals surface area (Å²) < 4.78 is 46.2. The maximum atomic E-state index is 15.1. The molecule has 1 unspecified atom stereocenters. The van der Waals surface area contributed by atoms with Crippen LogP contribution in [0.15, 0.2) is 90.1 Å². The Kier molecular flexibility index (Phi) is 8.73. The first kappa shape index (κ1) is 32.1. The summed E-state index contributed by atoms with van der Waals surface area (Å²) in [6.07, 6.45) is 3.08. The quantitative estimate of drug-likeness (QED) is 0.252. The normalized spacial score (nSPS) is 17.8. The van der Waals surface area contributed by atoms with Gasteiger partial charge < -0.3 is 24.0 Å². The largest absolute Gasteiger partial charge is 0.497 e. The molecule has 0 saturated carbocycles. The average Bonchev–Trinajstić information content (AvgIpc) is 3.35. The second kappa shape index (κ2) is 12.8. The molecule has 0 radical (unpaired) electrons. The summed E-state index contributed by atoms with van der Waals surface area (Å²) in [5, 5.41) is 0.274. The number of halogens is 1. The number of nitrogens with zero attached hydrogens (tertiary/aromatic N) is 4. The predicted molar refractivity (Wildman–Crippen MR) is 177 cm³/mol. The minimum absolute atomic E-state index is 0.00870. The molecule has 13 heteroatoms. The number of rotatable bonds is 9. The van der Waals surface area contributed by atoms with Gasteiger partial charge in [0.15, 0.2) is 0 Å². The second-order valence-electron chi connectivity index (χ2n) is 11.1. The van der Waals surface area contributed by atoms with E-state index in [2.05, 4.69) is 9.88 Å². The van der Waals surface area contributed by atoms with Crippen molar-refractivity contribution in [3.8, 4) is 17.2 Å². The van der Waals surface area contributed by atoms with E-state index in [1.807, 2.05) is 12.1 Å². The van der Waals surface area contributed by atoms with Crippen LogP contribution in [0.3, 0.4) is 0 Å². The first-order chi connectivity index (χ1) is 22.6. The van der Waals surface area contributed by atoms with E-state index in [1.54, 1.807) is 47.6 Å². The van der Waals surface area contributed by atoms with E-state index >= 15 is 4.79 Å². The van der Waals surface area contributed by atoms with Gasteiger partial charge in [-0.1, -0.05) is 29.8 Å². The lowest BCUT2D eigenvalue weighted by molar-refractivity contribution is -0.135. The molecule has 1 fully saturated rings. The van der Waals surface area contributed by atoms with Crippen LogP contribution < -0.4 is 23.4 Å². The lowest BCUT2D eigenvalue weighted by atomic mass is 9.72. The molecule has 2 amide bonds. The van der Waals surface area contributed by atoms with Crippen LogP contribution in [-0.2, 0) is 25.0 Å². The smallest absolute Gasteiger partial charge is 0.274 e. The molecule has 0 N–H and O–H groups in total. The molecule has 4 aromatic rings. The van der Waals surface area contributed by atoms with Crippen molar-refractivity contribution in [3.05, 3.63) is 101 Å². The van der Waals surface area contributed by atoms with Crippen molar-refractivity contribution in [3.63, 3.8) is 0 Å². The fourth-order valence-corrected chi connectivity index (χ4v) is 8.18. The van der Waals surface area contributed by atoms with E-state index < -0.39 is 21.3 Å². The molecule has 1 saturated heterocycles. The fourth-order valence-electron chi connectivity index (χ4n) is 6.38. The van der Waals surface area contributed by atoms with E-state index in [0.29, 0.717) is 43.2 Å². The number of benzene rings is 3. The Hall–Kier alpha value is -4.81. The number of aromatic nitrogens is 1. The molecule has 11 nitrogen and oxygen atoms in total. The number of piperazine rings is 1. The van der Waals surface area contributed by atoms with Crippen molar-refractivity contribution in [2.45, 2.75) is 16.7 Å². The van der Waals surface area contributed by atoms with Crippen molar-refractivity contribution < 1.29 is 32.2 Å². The second-order valence-corrected chi connectivity index (χ2v) is 13.3. The lowest BCUT2D eigenvalue weighted by Crippen LogP contribution is -2.52. The van der Waals surface area contributed by atoms with Crippen molar-refractivity contribution in [1.29, 1.82) is 0 Å². The number of methoxy groups -OCH3 is 3. The average molecular weight is 677 g/mol.